The Morgan fingerprint density at radius 3 is 2.89 bits per heavy atom. The van der Waals surface area contributed by atoms with Crippen molar-refractivity contribution in [2.75, 3.05) is 0 Å². The Hall–Kier alpha value is -0.720. The Kier molecular flexibility index (Phi) is 0.922. The molecule has 2 atom stereocenters. The van der Waals surface area contributed by atoms with Crippen molar-refractivity contribution in [2.24, 2.45) is 5.92 Å². The summed E-state index contributed by atoms with van der Waals surface area (Å²) in [6.07, 6.45) is 3.06. The molecule has 0 N–H and O–H groups in total. The number of furan rings is 1. The van der Waals surface area contributed by atoms with E-state index in [9.17, 15) is 0 Å². The second-order valence-corrected chi connectivity index (χ2v) is 2.83. The van der Waals surface area contributed by atoms with Gasteiger partial charge in [-0.15, -0.1) is 0 Å². The minimum absolute atomic E-state index is 0.736. The monoisotopic (exact) mass is 122 g/mol. The lowest BCUT2D eigenvalue weighted by Gasteiger charge is -1.86. The Morgan fingerprint density at radius 1 is 1.67 bits per heavy atom. The zero-order valence-corrected chi connectivity index (χ0v) is 5.50. The largest absolute Gasteiger partial charge is 0.469 e. The van der Waals surface area contributed by atoms with E-state index in [1.165, 1.54) is 12.2 Å². The summed E-state index contributed by atoms with van der Waals surface area (Å²) in [5.41, 5.74) is 0. The molecule has 48 valence electrons. The number of hydrogen-bond acceptors (Lipinski definition) is 1. The highest BCUT2D eigenvalue weighted by Crippen LogP contribution is 2.46. The van der Waals surface area contributed by atoms with Crippen LogP contribution in [0.1, 0.15) is 25.0 Å². The molecule has 2 rings (SSSR count). The molecule has 0 aromatic carbocycles. The zero-order valence-electron chi connectivity index (χ0n) is 5.50. The molecule has 1 aromatic heterocycles. The summed E-state index contributed by atoms with van der Waals surface area (Å²) in [6, 6.07) is 4.02. The molecule has 0 saturated heterocycles. The Bertz CT molecular complexity index is 188. The minimum atomic E-state index is 0.736. The fourth-order valence-corrected chi connectivity index (χ4v) is 1.22. The van der Waals surface area contributed by atoms with Crippen LogP contribution in [0.5, 0.6) is 0 Å². The van der Waals surface area contributed by atoms with Gasteiger partial charge in [-0.1, -0.05) is 6.92 Å². The molecular weight excluding hydrogens is 112 g/mol. The molecule has 0 amide bonds. The van der Waals surface area contributed by atoms with E-state index < -0.39 is 0 Å². The van der Waals surface area contributed by atoms with Gasteiger partial charge in [0.15, 0.2) is 0 Å². The molecule has 1 fully saturated rings. The maximum absolute atomic E-state index is 5.23. The fraction of sp³-hybridized carbons (Fsp3) is 0.500. The second kappa shape index (κ2) is 1.63. The van der Waals surface area contributed by atoms with Gasteiger partial charge in [-0.3, -0.25) is 0 Å². The molecule has 0 bridgehead atoms. The van der Waals surface area contributed by atoms with Gasteiger partial charge in [0.1, 0.15) is 5.76 Å². The van der Waals surface area contributed by atoms with Gasteiger partial charge in [0.2, 0.25) is 0 Å². The molecular formula is C8H10O. The highest BCUT2D eigenvalue weighted by atomic mass is 16.3. The van der Waals surface area contributed by atoms with Gasteiger partial charge in [-0.25, -0.2) is 0 Å². The third-order valence-electron chi connectivity index (χ3n) is 2.02. The Balaban J connectivity index is 2.18. The number of hydrogen-bond donors (Lipinski definition) is 0. The van der Waals surface area contributed by atoms with Gasteiger partial charge in [-0.05, 0) is 24.5 Å². The van der Waals surface area contributed by atoms with Crippen molar-refractivity contribution in [3.8, 4) is 0 Å². The van der Waals surface area contributed by atoms with Gasteiger partial charge >= 0.3 is 0 Å². The minimum Gasteiger partial charge on any atom is -0.469 e. The Labute approximate surface area is 54.7 Å². The first-order chi connectivity index (χ1) is 4.38. The summed E-state index contributed by atoms with van der Waals surface area (Å²) in [5, 5.41) is 0. The van der Waals surface area contributed by atoms with Crippen LogP contribution in [0.3, 0.4) is 0 Å². The van der Waals surface area contributed by atoms with E-state index >= 15 is 0 Å². The lowest BCUT2D eigenvalue weighted by molar-refractivity contribution is 0.506. The van der Waals surface area contributed by atoms with Crippen molar-refractivity contribution in [1.82, 2.24) is 0 Å². The van der Waals surface area contributed by atoms with Crippen molar-refractivity contribution in [2.45, 2.75) is 19.3 Å². The van der Waals surface area contributed by atoms with E-state index in [1.54, 1.807) is 6.26 Å². The van der Waals surface area contributed by atoms with Crippen molar-refractivity contribution in [1.29, 1.82) is 0 Å². The highest BCUT2D eigenvalue weighted by molar-refractivity contribution is 5.13. The molecule has 0 aliphatic heterocycles. The molecule has 1 nitrogen and oxygen atoms in total. The first-order valence-corrected chi connectivity index (χ1v) is 3.41. The standard InChI is InChI=1S/C8H10O/c1-6-5-7(6)8-3-2-4-9-8/h2-4,6-7H,5H2,1H3/t6-,7-/m0/s1. The van der Waals surface area contributed by atoms with Crippen molar-refractivity contribution >= 4 is 0 Å². The first-order valence-electron chi connectivity index (χ1n) is 3.41. The molecule has 0 spiro atoms. The summed E-state index contributed by atoms with van der Waals surface area (Å²) in [6.45, 7) is 2.26. The van der Waals surface area contributed by atoms with Crippen LogP contribution < -0.4 is 0 Å². The van der Waals surface area contributed by atoms with Crippen LogP contribution in [0.15, 0.2) is 22.8 Å². The van der Waals surface area contributed by atoms with Gasteiger partial charge in [0.05, 0.1) is 6.26 Å². The molecule has 1 aliphatic rings. The van der Waals surface area contributed by atoms with E-state index in [2.05, 4.69) is 13.0 Å². The zero-order chi connectivity index (χ0) is 6.27. The van der Waals surface area contributed by atoms with E-state index in [0.29, 0.717) is 0 Å². The SMILES string of the molecule is C[C@H]1C[C@@H]1c1ccco1. The van der Waals surface area contributed by atoms with Crippen LogP contribution in [0.2, 0.25) is 0 Å². The maximum Gasteiger partial charge on any atom is 0.107 e. The summed E-state index contributed by atoms with van der Waals surface area (Å²) in [5.74, 6) is 2.76. The smallest absolute Gasteiger partial charge is 0.107 e. The molecule has 1 heterocycles. The summed E-state index contributed by atoms with van der Waals surface area (Å²) in [4.78, 5) is 0. The van der Waals surface area contributed by atoms with Gasteiger partial charge in [-0.2, -0.15) is 0 Å². The van der Waals surface area contributed by atoms with Crippen LogP contribution in [0.25, 0.3) is 0 Å². The fourth-order valence-electron chi connectivity index (χ4n) is 1.22. The molecule has 1 aliphatic carbocycles. The lowest BCUT2D eigenvalue weighted by atomic mass is 10.3. The molecule has 0 radical (unpaired) electrons. The molecule has 0 unspecified atom stereocenters. The summed E-state index contributed by atoms with van der Waals surface area (Å²) >= 11 is 0. The Morgan fingerprint density at radius 2 is 2.44 bits per heavy atom. The van der Waals surface area contributed by atoms with E-state index in [-0.39, 0.29) is 0 Å². The predicted molar refractivity (Wildman–Crippen MR) is 35.2 cm³/mol. The summed E-state index contributed by atoms with van der Waals surface area (Å²) < 4.78 is 5.23. The molecule has 9 heavy (non-hydrogen) atoms. The topological polar surface area (TPSA) is 13.1 Å². The average Bonchev–Trinajstić information content (AvgIpc) is 2.44. The number of rotatable bonds is 1. The van der Waals surface area contributed by atoms with E-state index in [0.717, 1.165) is 11.8 Å². The lowest BCUT2D eigenvalue weighted by Crippen LogP contribution is -1.72. The highest BCUT2D eigenvalue weighted by Gasteiger charge is 2.35. The average molecular weight is 122 g/mol. The second-order valence-electron chi connectivity index (χ2n) is 2.83. The predicted octanol–water partition coefficient (Wildman–Crippen LogP) is 2.40. The van der Waals surface area contributed by atoms with Crippen molar-refractivity contribution in [3.05, 3.63) is 24.2 Å². The summed E-state index contributed by atoms with van der Waals surface area (Å²) in [7, 11) is 0. The van der Waals surface area contributed by atoms with Crippen LogP contribution >= 0.6 is 0 Å². The van der Waals surface area contributed by atoms with Gasteiger partial charge in [0.25, 0.3) is 0 Å². The molecule has 1 aromatic rings. The van der Waals surface area contributed by atoms with Crippen molar-refractivity contribution in [3.63, 3.8) is 0 Å². The third-order valence-corrected chi connectivity index (χ3v) is 2.02. The van der Waals surface area contributed by atoms with Crippen LogP contribution in [0, 0.1) is 5.92 Å². The van der Waals surface area contributed by atoms with Crippen LogP contribution in [-0.4, -0.2) is 0 Å². The van der Waals surface area contributed by atoms with Crippen LogP contribution in [0.4, 0.5) is 0 Å². The maximum atomic E-state index is 5.23. The molecule has 1 saturated carbocycles. The third kappa shape index (κ3) is 0.766. The van der Waals surface area contributed by atoms with Gasteiger partial charge < -0.3 is 4.42 Å². The van der Waals surface area contributed by atoms with E-state index in [1.807, 2.05) is 6.07 Å². The van der Waals surface area contributed by atoms with E-state index in [4.69, 9.17) is 4.42 Å². The first kappa shape index (κ1) is 5.10. The van der Waals surface area contributed by atoms with Gasteiger partial charge in [0, 0.05) is 5.92 Å². The quantitative estimate of drug-likeness (QED) is 0.557. The van der Waals surface area contributed by atoms with Crippen LogP contribution in [-0.2, 0) is 0 Å². The molecule has 1 heteroatoms. The van der Waals surface area contributed by atoms with Crippen molar-refractivity contribution < 1.29 is 4.42 Å². The normalized spacial score (nSPS) is 32.6.